The van der Waals surface area contributed by atoms with Crippen LogP contribution in [0.2, 0.25) is 0 Å². The van der Waals surface area contributed by atoms with E-state index in [2.05, 4.69) is 0 Å². The molecule has 0 heterocycles. The Morgan fingerprint density at radius 1 is 1.17 bits per heavy atom. The second-order valence-corrected chi connectivity index (χ2v) is 0.344. The Hall–Kier alpha value is 0.751. The van der Waals surface area contributed by atoms with Gasteiger partial charge in [-0.1, -0.05) is 0 Å². The maximum absolute atomic E-state index is 8.50. The average molecular weight is 182 g/mol. The van der Waals surface area contributed by atoms with Gasteiger partial charge in [0.25, 0.3) is 0 Å². The van der Waals surface area contributed by atoms with Crippen LogP contribution in [-0.2, 0) is 29.3 Å². The summed E-state index contributed by atoms with van der Waals surface area (Å²) in [7, 11) is 0. The predicted octanol–water partition coefficient (Wildman–Crippen LogP) is -0.557. The maximum atomic E-state index is 8.50. The quantitative estimate of drug-likeness (QED) is 0.372. The zero-order valence-corrected chi connectivity index (χ0v) is 7.96. The molecule has 0 aliphatic carbocycles. The second kappa shape index (κ2) is 42.3. The molecular formula is CH4GaO3Ti-. The van der Waals surface area contributed by atoms with Crippen LogP contribution in [0.1, 0.15) is 0 Å². The summed E-state index contributed by atoms with van der Waals surface area (Å²) in [6.07, 6.45) is 0. The monoisotopic (exact) mass is 181 g/mol. The van der Waals surface area contributed by atoms with E-state index in [1.165, 1.54) is 0 Å². The molecule has 0 aliphatic rings. The molecule has 0 atom stereocenters. The summed E-state index contributed by atoms with van der Waals surface area (Å²) in [5, 5.41) is 0. The number of hydrogen-bond acceptors (Lipinski definition) is 3. The number of hydrogen-bond donors (Lipinski definition) is 0. The molecule has 0 unspecified atom stereocenters. The van der Waals surface area contributed by atoms with Crippen LogP contribution in [0.5, 0.6) is 0 Å². The van der Waals surface area contributed by atoms with E-state index >= 15 is 0 Å². The van der Waals surface area contributed by atoms with Gasteiger partial charge in [-0.2, -0.15) is 0 Å². The molecule has 0 bridgehead atoms. The average Bonchev–Trinajstić information content (AvgIpc) is 1.46. The Labute approximate surface area is 55.3 Å². The van der Waals surface area contributed by atoms with Crippen molar-refractivity contribution in [2.45, 2.75) is 0 Å². The van der Waals surface area contributed by atoms with Crippen LogP contribution in [0.25, 0.3) is 0 Å². The van der Waals surface area contributed by atoms with Gasteiger partial charge in [-0.15, -0.1) is 0 Å². The molecule has 0 aromatic carbocycles. The van der Waals surface area contributed by atoms with Gasteiger partial charge in [-0.05, 0) is 0 Å². The van der Waals surface area contributed by atoms with E-state index < -0.39 is 19.1 Å². The van der Waals surface area contributed by atoms with Crippen LogP contribution in [0.4, 0.5) is 0 Å². The summed E-state index contributed by atoms with van der Waals surface area (Å²) in [5.41, 5.74) is 0. The van der Waals surface area contributed by atoms with Gasteiger partial charge in [0.1, 0.15) is 0 Å². The van der Waals surface area contributed by atoms with Crippen molar-refractivity contribution in [1.82, 2.24) is 0 Å². The Morgan fingerprint density at radius 2 is 1.17 bits per heavy atom. The zero-order valence-electron chi connectivity index (χ0n) is 3.43. The fraction of sp³-hybridized carbons (Fsp3) is 0. The Morgan fingerprint density at radius 3 is 1.17 bits per heavy atom. The Kier molecular flexibility index (Phi) is 112. The Bertz CT molecular complexity index is 40.1. The van der Waals surface area contributed by atoms with E-state index in [1.807, 2.05) is 0 Å². The molecule has 34 valence electrons. The molecular weight excluding hydrogens is 178 g/mol. The fourth-order valence-electron chi connectivity index (χ4n) is 0. The second-order valence-electron chi connectivity index (χ2n) is 0.0833. The van der Waals surface area contributed by atoms with Gasteiger partial charge in [-0.25, -0.2) is 0 Å². The van der Waals surface area contributed by atoms with E-state index in [-0.39, 0.29) is 26.0 Å². The van der Waals surface area contributed by atoms with Gasteiger partial charge >= 0.3 is 47.8 Å². The molecule has 0 fully saturated rings. The Balaban J connectivity index is -0.0000000275. The van der Waals surface area contributed by atoms with Crippen molar-refractivity contribution in [3.8, 4) is 0 Å². The standard InChI is InChI=1S/CH3.Ga.3O.Ti.H/h1H3;;;;;;/q-1;;;;;;. The third kappa shape index (κ3) is 119. The first-order chi connectivity index (χ1) is 2.41. The van der Waals surface area contributed by atoms with Crippen molar-refractivity contribution in [3.63, 3.8) is 0 Å². The van der Waals surface area contributed by atoms with Crippen molar-refractivity contribution in [2.75, 3.05) is 0 Å². The first-order valence-electron chi connectivity index (χ1n) is 0.697. The summed E-state index contributed by atoms with van der Waals surface area (Å²) in [5.74, 6) is 0. The van der Waals surface area contributed by atoms with Gasteiger partial charge in [0.05, 0.1) is 0 Å². The molecule has 0 aromatic heterocycles. The minimum absolute atomic E-state index is 0. The van der Waals surface area contributed by atoms with Crippen LogP contribution < -0.4 is 0 Å². The molecule has 0 aromatic rings. The fourth-order valence-corrected chi connectivity index (χ4v) is 0. The summed E-state index contributed by atoms with van der Waals surface area (Å²) >= 11 is -1.88. The summed E-state index contributed by atoms with van der Waals surface area (Å²) < 4.78 is 25.4. The van der Waals surface area contributed by atoms with Gasteiger partial charge < -0.3 is 7.43 Å². The molecule has 0 saturated heterocycles. The summed E-state index contributed by atoms with van der Waals surface area (Å²) in [4.78, 5) is 0. The van der Waals surface area contributed by atoms with E-state index in [0.29, 0.717) is 0 Å². The van der Waals surface area contributed by atoms with Crippen molar-refractivity contribution in [1.29, 1.82) is 0 Å². The normalized spacial score (nSPS) is 1.83. The van der Waals surface area contributed by atoms with Crippen LogP contribution in [0.3, 0.4) is 0 Å². The third-order valence-corrected chi connectivity index (χ3v) is 0. The molecule has 6 heavy (non-hydrogen) atoms. The van der Waals surface area contributed by atoms with Gasteiger partial charge in [0.15, 0.2) is 0 Å². The van der Waals surface area contributed by atoms with Crippen LogP contribution in [0.15, 0.2) is 0 Å². The molecule has 0 N–H and O–H groups in total. The third-order valence-electron chi connectivity index (χ3n) is 0. The molecule has 5 heteroatoms. The summed E-state index contributed by atoms with van der Waals surface area (Å²) in [6, 6.07) is 0. The van der Waals surface area contributed by atoms with Crippen molar-refractivity contribution < 1.29 is 29.3 Å². The van der Waals surface area contributed by atoms with E-state index in [1.54, 1.807) is 0 Å². The van der Waals surface area contributed by atoms with E-state index in [9.17, 15) is 0 Å². The van der Waals surface area contributed by atoms with Gasteiger partial charge in [-0.3, -0.25) is 0 Å². The number of rotatable bonds is 0. The van der Waals surface area contributed by atoms with Crippen LogP contribution in [0, 0.1) is 7.43 Å². The first kappa shape index (κ1) is 15.9. The molecule has 0 aliphatic heterocycles. The van der Waals surface area contributed by atoms with Crippen LogP contribution in [-0.4, -0.2) is 18.6 Å². The topological polar surface area (TPSA) is 51.2 Å². The first-order valence-corrected chi connectivity index (χ1v) is 3.18. The van der Waals surface area contributed by atoms with Crippen molar-refractivity contribution in [2.24, 2.45) is 0 Å². The molecule has 0 spiro atoms. The van der Waals surface area contributed by atoms with Gasteiger partial charge in [0.2, 0.25) is 0 Å². The summed E-state index contributed by atoms with van der Waals surface area (Å²) in [6.45, 7) is 0. The van der Waals surface area contributed by atoms with E-state index in [0.717, 1.165) is 0 Å². The van der Waals surface area contributed by atoms with Crippen LogP contribution >= 0.6 is 0 Å². The zero-order chi connectivity index (χ0) is 4.71. The molecule has 0 radical (unpaired) electrons. The molecule has 3 nitrogen and oxygen atoms in total. The molecule has 0 rings (SSSR count). The minimum atomic E-state index is -2.00. The van der Waals surface area contributed by atoms with E-state index in [4.69, 9.17) is 10.2 Å². The SMILES string of the molecule is [CH3-].[O]=[GaH].[O]=[Ti]=[O]. The molecule has 0 amide bonds. The van der Waals surface area contributed by atoms with Crippen molar-refractivity contribution >= 4 is 18.6 Å². The molecule has 0 saturated carbocycles. The van der Waals surface area contributed by atoms with Crippen molar-refractivity contribution in [3.05, 3.63) is 7.43 Å². The predicted molar refractivity (Wildman–Crippen MR) is 15.6 cm³/mol. The van der Waals surface area contributed by atoms with Gasteiger partial charge in [0, 0.05) is 0 Å².